The standard InChI is InChI=1S/C17H25N5OS/c1-17(2,3)15-4-5-16(21-20-15)22-8-12(9-22)6-18-7-14(23)13-10-24-11-19-13/h4-5,10-12,14,18,23H,6-9H2,1-3H3. The average molecular weight is 347 g/mol. The lowest BCUT2D eigenvalue weighted by atomic mass is 9.92. The van der Waals surface area contributed by atoms with Crippen molar-refractivity contribution in [1.29, 1.82) is 0 Å². The maximum atomic E-state index is 9.99. The van der Waals surface area contributed by atoms with E-state index in [1.165, 1.54) is 11.3 Å². The van der Waals surface area contributed by atoms with Crippen LogP contribution in [0.4, 0.5) is 5.82 Å². The lowest BCUT2D eigenvalue weighted by molar-refractivity contribution is 0.167. The number of anilines is 1. The fourth-order valence-electron chi connectivity index (χ4n) is 2.70. The molecule has 1 aliphatic heterocycles. The Bertz CT molecular complexity index is 632. The summed E-state index contributed by atoms with van der Waals surface area (Å²) in [6, 6.07) is 4.13. The number of aliphatic hydroxyl groups is 1. The summed E-state index contributed by atoms with van der Waals surface area (Å²) in [6.45, 7) is 9.81. The molecule has 1 fully saturated rings. The molecule has 24 heavy (non-hydrogen) atoms. The highest BCUT2D eigenvalue weighted by Gasteiger charge is 2.28. The minimum absolute atomic E-state index is 0.0328. The number of aliphatic hydroxyl groups excluding tert-OH is 1. The zero-order chi connectivity index (χ0) is 17.2. The molecule has 2 N–H and O–H groups in total. The van der Waals surface area contributed by atoms with Crippen LogP contribution in [0.3, 0.4) is 0 Å². The topological polar surface area (TPSA) is 74.2 Å². The Balaban J connectivity index is 1.39. The molecule has 1 unspecified atom stereocenters. The molecule has 0 aromatic carbocycles. The quantitative estimate of drug-likeness (QED) is 0.832. The van der Waals surface area contributed by atoms with Crippen molar-refractivity contribution in [1.82, 2.24) is 20.5 Å². The molecule has 1 saturated heterocycles. The maximum Gasteiger partial charge on any atom is 0.151 e. The van der Waals surface area contributed by atoms with E-state index in [-0.39, 0.29) is 5.41 Å². The number of hydrogen-bond acceptors (Lipinski definition) is 7. The van der Waals surface area contributed by atoms with Gasteiger partial charge in [0.1, 0.15) is 6.10 Å². The molecule has 2 aromatic heterocycles. The molecule has 3 rings (SSSR count). The SMILES string of the molecule is CC(C)(C)c1ccc(N2CC(CNCC(O)c3cscn3)C2)nn1. The molecular weight excluding hydrogens is 322 g/mol. The molecule has 2 aromatic rings. The summed E-state index contributed by atoms with van der Waals surface area (Å²) < 4.78 is 0. The second kappa shape index (κ2) is 7.13. The highest BCUT2D eigenvalue weighted by atomic mass is 32.1. The van der Waals surface area contributed by atoms with Crippen LogP contribution in [0.5, 0.6) is 0 Å². The predicted octanol–water partition coefficient (Wildman–Crippen LogP) is 1.99. The molecule has 6 nitrogen and oxygen atoms in total. The van der Waals surface area contributed by atoms with E-state index in [4.69, 9.17) is 0 Å². The van der Waals surface area contributed by atoms with Crippen LogP contribution in [0.25, 0.3) is 0 Å². The van der Waals surface area contributed by atoms with Crippen molar-refractivity contribution in [2.24, 2.45) is 5.92 Å². The van der Waals surface area contributed by atoms with Crippen molar-refractivity contribution in [2.45, 2.75) is 32.3 Å². The van der Waals surface area contributed by atoms with E-state index in [0.29, 0.717) is 12.5 Å². The van der Waals surface area contributed by atoms with Crippen molar-refractivity contribution in [3.63, 3.8) is 0 Å². The van der Waals surface area contributed by atoms with Crippen molar-refractivity contribution in [2.75, 3.05) is 31.1 Å². The molecule has 1 aliphatic rings. The Hall–Kier alpha value is -1.57. The van der Waals surface area contributed by atoms with Crippen molar-refractivity contribution in [3.05, 3.63) is 34.4 Å². The van der Waals surface area contributed by atoms with Gasteiger partial charge in [0.15, 0.2) is 5.82 Å². The smallest absolute Gasteiger partial charge is 0.151 e. The van der Waals surface area contributed by atoms with E-state index < -0.39 is 6.10 Å². The van der Waals surface area contributed by atoms with Crippen LogP contribution in [-0.4, -0.2) is 46.5 Å². The molecule has 0 saturated carbocycles. The summed E-state index contributed by atoms with van der Waals surface area (Å²) in [6.07, 6.45) is -0.525. The van der Waals surface area contributed by atoms with E-state index >= 15 is 0 Å². The maximum absolute atomic E-state index is 9.99. The van der Waals surface area contributed by atoms with Crippen molar-refractivity contribution >= 4 is 17.2 Å². The van der Waals surface area contributed by atoms with Gasteiger partial charge in [0.05, 0.1) is 16.9 Å². The Morgan fingerprint density at radius 2 is 2.12 bits per heavy atom. The third-order valence-corrected chi connectivity index (χ3v) is 4.87. The Labute approximate surface area is 147 Å². The second-order valence-electron chi connectivity index (χ2n) is 7.39. The summed E-state index contributed by atoms with van der Waals surface area (Å²) in [5.41, 5.74) is 3.54. The minimum atomic E-state index is -0.525. The zero-order valence-corrected chi connectivity index (χ0v) is 15.3. The van der Waals surface area contributed by atoms with Gasteiger partial charge in [0.25, 0.3) is 0 Å². The summed E-state index contributed by atoms with van der Waals surface area (Å²) >= 11 is 1.51. The van der Waals surface area contributed by atoms with Gasteiger partial charge in [0.2, 0.25) is 0 Å². The van der Waals surface area contributed by atoms with E-state index in [2.05, 4.69) is 58.3 Å². The summed E-state index contributed by atoms with van der Waals surface area (Å²) in [5, 5.41) is 23.9. The van der Waals surface area contributed by atoms with E-state index in [0.717, 1.165) is 36.8 Å². The van der Waals surface area contributed by atoms with Crippen LogP contribution in [0.2, 0.25) is 0 Å². The first kappa shape index (κ1) is 17.3. The highest BCUT2D eigenvalue weighted by Crippen LogP contribution is 2.24. The Morgan fingerprint density at radius 1 is 1.33 bits per heavy atom. The number of hydrogen-bond donors (Lipinski definition) is 2. The van der Waals surface area contributed by atoms with Crippen molar-refractivity contribution < 1.29 is 5.11 Å². The number of thiazole rings is 1. The molecule has 0 aliphatic carbocycles. The molecule has 3 heterocycles. The van der Waals surface area contributed by atoms with E-state index in [9.17, 15) is 5.11 Å². The van der Waals surface area contributed by atoms with Crippen LogP contribution in [0.15, 0.2) is 23.0 Å². The lowest BCUT2D eigenvalue weighted by Gasteiger charge is -2.40. The van der Waals surface area contributed by atoms with Crippen LogP contribution in [-0.2, 0) is 5.41 Å². The van der Waals surface area contributed by atoms with Crippen LogP contribution in [0.1, 0.15) is 38.3 Å². The van der Waals surface area contributed by atoms with Gasteiger partial charge in [-0.2, -0.15) is 5.10 Å². The molecule has 1 atom stereocenters. The number of aromatic nitrogens is 3. The van der Waals surface area contributed by atoms with E-state index in [1.807, 2.05) is 5.38 Å². The lowest BCUT2D eigenvalue weighted by Crippen LogP contribution is -2.51. The van der Waals surface area contributed by atoms with E-state index in [1.54, 1.807) is 5.51 Å². The third kappa shape index (κ3) is 4.09. The molecule has 7 heteroatoms. The molecule has 0 spiro atoms. The van der Waals surface area contributed by atoms with Crippen LogP contribution in [0, 0.1) is 5.92 Å². The Kier molecular flexibility index (Phi) is 5.12. The fraction of sp³-hybridized carbons (Fsp3) is 0.588. The third-order valence-electron chi connectivity index (χ3n) is 4.26. The van der Waals surface area contributed by atoms with Gasteiger partial charge >= 0.3 is 0 Å². The molecule has 0 amide bonds. The fourth-order valence-corrected chi connectivity index (χ4v) is 3.30. The number of nitrogens with one attached hydrogen (secondary N) is 1. The van der Waals surface area contributed by atoms with Gasteiger partial charge in [-0.1, -0.05) is 20.8 Å². The van der Waals surface area contributed by atoms with Gasteiger partial charge < -0.3 is 15.3 Å². The van der Waals surface area contributed by atoms with Crippen molar-refractivity contribution in [3.8, 4) is 0 Å². The molecule has 130 valence electrons. The minimum Gasteiger partial charge on any atom is -0.385 e. The summed E-state index contributed by atoms with van der Waals surface area (Å²) in [7, 11) is 0. The molecule has 0 radical (unpaired) electrons. The molecule has 0 bridgehead atoms. The summed E-state index contributed by atoms with van der Waals surface area (Å²) in [4.78, 5) is 6.37. The van der Waals surface area contributed by atoms with Gasteiger partial charge in [0, 0.05) is 42.9 Å². The highest BCUT2D eigenvalue weighted by molar-refractivity contribution is 7.07. The monoisotopic (exact) mass is 347 g/mol. The average Bonchev–Trinajstić information content (AvgIpc) is 3.03. The predicted molar refractivity (Wildman–Crippen MR) is 96.4 cm³/mol. The largest absolute Gasteiger partial charge is 0.385 e. The zero-order valence-electron chi connectivity index (χ0n) is 14.4. The van der Waals surface area contributed by atoms with Crippen LogP contribution < -0.4 is 10.2 Å². The van der Waals surface area contributed by atoms with Gasteiger partial charge in [-0.05, 0) is 12.1 Å². The van der Waals surface area contributed by atoms with Gasteiger partial charge in [-0.15, -0.1) is 16.4 Å². The number of rotatable bonds is 6. The van der Waals surface area contributed by atoms with Gasteiger partial charge in [-0.3, -0.25) is 0 Å². The first-order valence-corrected chi connectivity index (χ1v) is 9.24. The first-order valence-electron chi connectivity index (χ1n) is 8.29. The normalized spacial score (nSPS) is 16.9. The summed E-state index contributed by atoms with van der Waals surface area (Å²) in [5.74, 6) is 1.53. The Morgan fingerprint density at radius 3 is 2.71 bits per heavy atom. The van der Waals surface area contributed by atoms with Gasteiger partial charge in [-0.25, -0.2) is 4.98 Å². The van der Waals surface area contributed by atoms with Crippen LogP contribution >= 0.6 is 11.3 Å². The number of nitrogens with zero attached hydrogens (tertiary/aromatic N) is 4. The first-order chi connectivity index (χ1) is 11.4. The molecular formula is C17H25N5OS. The second-order valence-corrected chi connectivity index (χ2v) is 8.10.